The first-order valence-electron chi connectivity index (χ1n) is 3.74. The maximum Gasteiger partial charge on any atom is 0.489 e. The number of hydrogen-bond donors (Lipinski definition) is 2. The van der Waals surface area contributed by atoms with Crippen molar-refractivity contribution in [3.8, 4) is 0 Å². The van der Waals surface area contributed by atoms with Crippen LogP contribution < -0.4 is 5.46 Å². The van der Waals surface area contributed by atoms with Gasteiger partial charge in [-0.25, -0.2) is 0 Å². The number of nitro benzene ring substituents is 1. The van der Waals surface area contributed by atoms with Gasteiger partial charge in [0.1, 0.15) is 0 Å². The van der Waals surface area contributed by atoms with Gasteiger partial charge in [-0.15, -0.1) is 0 Å². The highest BCUT2D eigenvalue weighted by Crippen LogP contribution is 2.23. The normalized spacial score (nSPS) is 10.0. The van der Waals surface area contributed by atoms with E-state index in [4.69, 9.17) is 10.0 Å². The van der Waals surface area contributed by atoms with Crippen molar-refractivity contribution in [3.63, 3.8) is 0 Å². The van der Waals surface area contributed by atoms with Gasteiger partial charge in [-0.2, -0.15) is 0 Å². The Hall–Kier alpha value is -0.915. The lowest BCUT2D eigenvalue weighted by Gasteiger charge is -2.05. The number of nitrogens with zero attached hydrogens (tertiary/aromatic N) is 1. The number of nitro groups is 1. The van der Waals surface area contributed by atoms with Crippen LogP contribution in [0.1, 0.15) is 5.56 Å². The average molecular weight is 260 g/mol. The molecular weight excluding hydrogens is 253 g/mol. The van der Waals surface area contributed by atoms with E-state index in [1.165, 1.54) is 12.1 Å². The van der Waals surface area contributed by atoms with Gasteiger partial charge in [-0.1, -0.05) is 6.07 Å². The van der Waals surface area contributed by atoms with Crippen molar-refractivity contribution in [2.75, 3.05) is 0 Å². The maximum absolute atomic E-state index is 10.6. The molecule has 0 aliphatic rings. The fraction of sp³-hybridized carbons (Fsp3) is 0.143. The van der Waals surface area contributed by atoms with E-state index in [0.29, 0.717) is 5.56 Å². The highest BCUT2D eigenvalue weighted by Gasteiger charge is 2.23. The summed E-state index contributed by atoms with van der Waals surface area (Å²) in [6.45, 7) is 1.64. The van der Waals surface area contributed by atoms with E-state index in [1.807, 2.05) is 0 Å². The Labute approximate surface area is 88.8 Å². The minimum atomic E-state index is -1.72. The van der Waals surface area contributed by atoms with Crippen LogP contribution in [0.5, 0.6) is 0 Å². The topological polar surface area (TPSA) is 83.6 Å². The van der Waals surface area contributed by atoms with Gasteiger partial charge in [-0.3, -0.25) is 10.1 Å². The number of benzene rings is 1. The molecule has 1 aromatic carbocycles. The molecule has 0 atom stereocenters. The molecule has 7 heteroatoms. The Morgan fingerprint density at radius 3 is 2.50 bits per heavy atom. The number of halogens is 1. The minimum Gasteiger partial charge on any atom is -0.423 e. The molecule has 5 nitrogen and oxygen atoms in total. The van der Waals surface area contributed by atoms with E-state index in [1.54, 1.807) is 6.92 Å². The van der Waals surface area contributed by atoms with Crippen molar-refractivity contribution in [2.24, 2.45) is 0 Å². The predicted molar refractivity (Wildman–Crippen MR) is 55.4 cm³/mol. The van der Waals surface area contributed by atoms with Crippen LogP contribution in [0.25, 0.3) is 0 Å². The van der Waals surface area contributed by atoms with E-state index < -0.39 is 12.0 Å². The second-order valence-corrected chi connectivity index (χ2v) is 3.61. The van der Waals surface area contributed by atoms with Crippen molar-refractivity contribution in [1.29, 1.82) is 0 Å². The zero-order valence-electron chi connectivity index (χ0n) is 7.27. The molecule has 14 heavy (non-hydrogen) atoms. The third-order valence-corrected chi connectivity index (χ3v) is 2.56. The second kappa shape index (κ2) is 4.08. The van der Waals surface area contributed by atoms with Crippen LogP contribution in [0.4, 0.5) is 5.69 Å². The van der Waals surface area contributed by atoms with Crippen molar-refractivity contribution < 1.29 is 15.0 Å². The van der Waals surface area contributed by atoms with Gasteiger partial charge in [0.15, 0.2) is 0 Å². The molecule has 1 rings (SSSR count). The summed E-state index contributed by atoms with van der Waals surface area (Å²) in [5.74, 6) is 0. The zero-order valence-corrected chi connectivity index (χ0v) is 8.85. The molecule has 74 valence electrons. The zero-order chi connectivity index (χ0) is 10.9. The van der Waals surface area contributed by atoms with E-state index in [0.717, 1.165) is 0 Å². The molecular formula is C7H7BBrNO4. The Balaban J connectivity index is 3.40. The van der Waals surface area contributed by atoms with Crippen LogP contribution >= 0.6 is 15.9 Å². The second-order valence-electron chi connectivity index (χ2n) is 2.82. The molecule has 0 aliphatic heterocycles. The Morgan fingerprint density at radius 1 is 1.50 bits per heavy atom. The number of hydrogen-bond acceptors (Lipinski definition) is 4. The molecule has 0 aromatic heterocycles. The molecule has 1 aromatic rings. The lowest BCUT2D eigenvalue weighted by molar-refractivity contribution is -0.385. The fourth-order valence-electron chi connectivity index (χ4n) is 1.10. The van der Waals surface area contributed by atoms with Crippen molar-refractivity contribution in [1.82, 2.24) is 0 Å². The van der Waals surface area contributed by atoms with Gasteiger partial charge < -0.3 is 10.0 Å². The minimum absolute atomic E-state index is 0.0942. The quantitative estimate of drug-likeness (QED) is 0.456. The third-order valence-electron chi connectivity index (χ3n) is 1.70. The Morgan fingerprint density at radius 2 is 2.07 bits per heavy atom. The summed E-state index contributed by atoms with van der Waals surface area (Å²) in [6.07, 6.45) is 0. The molecule has 2 N–H and O–H groups in total. The van der Waals surface area contributed by atoms with Gasteiger partial charge in [0.05, 0.1) is 9.40 Å². The molecule has 0 amide bonds. The highest BCUT2D eigenvalue weighted by molar-refractivity contribution is 9.10. The first kappa shape index (κ1) is 11.2. The average Bonchev–Trinajstić information content (AvgIpc) is 2.07. The smallest absolute Gasteiger partial charge is 0.423 e. The summed E-state index contributed by atoms with van der Waals surface area (Å²) >= 11 is 2.95. The molecule has 0 radical (unpaired) electrons. The van der Waals surface area contributed by atoms with Crippen molar-refractivity contribution >= 4 is 34.2 Å². The van der Waals surface area contributed by atoms with E-state index in [9.17, 15) is 10.1 Å². The lowest BCUT2D eigenvalue weighted by atomic mass is 9.79. The highest BCUT2D eigenvalue weighted by atomic mass is 79.9. The van der Waals surface area contributed by atoms with Gasteiger partial charge in [-0.05, 0) is 28.4 Å². The SMILES string of the molecule is Cc1cc(B(O)O)c(Br)c([N+](=O)[O-])c1. The summed E-state index contributed by atoms with van der Waals surface area (Å²) in [5.41, 5.74) is 0.521. The maximum atomic E-state index is 10.6. The first-order chi connectivity index (χ1) is 6.43. The van der Waals surface area contributed by atoms with Crippen LogP contribution in [0.2, 0.25) is 0 Å². The number of aryl methyl sites for hydroxylation is 1. The largest absolute Gasteiger partial charge is 0.489 e. The van der Waals surface area contributed by atoms with E-state index >= 15 is 0 Å². The molecule has 0 spiro atoms. The molecule has 0 bridgehead atoms. The Bertz CT molecular complexity index is 382. The molecule has 0 fully saturated rings. The monoisotopic (exact) mass is 259 g/mol. The van der Waals surface area contributed by atoms with Crippen LogP contribution in [0.3, 0.4) is 0 Å². The van der Waals surface area contributed by atoms with Crippen LogP contribution in [0, 0.1) is 17.0 Å². The molecule has 0 heterocycles. The predicted octanol–water partition coefficient (Wildman–Crippen LogP) is 0.346. The van der Waals surface area contributed by atoms with Gasteiger partial charge in [0.2, 0.25) is 0 Å². The van der Waals surface area contributed by atoms with E-state index in [2.05, 4.69) is 15.9 Å². The number of rotatable bonds is 2. The third kappa shape index (κ3) is 2.12. The van der Waals surface area contributed by atoms with Gasteiger partial charge >= 0.3 is 7.12 Å². The molecule has 0 saturated carbocycles. The Kier molecular flexibility index (Phi) is 3.25. The van der Waals surface area contributed by atoms with Gasteiger partial charge in [0, 0.05) is 11.5 Å². The van der Waals surface area contributed by atoms with Crippen molar-refractivity contribution in [3.05, 3.63) is 32.3 Å². The summed E-state index contributed by atoms with van der Waals surface area (Å²) in [5, 5.41) is 28.4. The summed E-state index contributed by atoms with van der Waals surface area (Å²) in [4.78, 5) is 9.98. The summed E-state index contributed by atoms with van der Waals surface area (Å²) < 4.78 is 0.100. The fourth-order valence-corrected chi connectivity index (χ4v) is 1.68. The van der Waals surface area contributed by atoms with Crippen molar-refractivity contribution in [2.45, 2.75) is 6.92 Å². The van der Waals surface area contributed by atoms with E-state index in [-0.39, 0.29) is 15.6 Å². The molecule has 0 aliphatic carbocycles. The standard InChI is InChI=1S/C7H7BBrNO4/c1-4-2-5(8(11)12)7(9)6(3-4)10(13)14/h2-3,11-12H,1H3. The summed E-state index contributed by atoms with van der Waals surface area (Å²) in [6, 6.07) is 2.83. The van der Waals surface area contributed by atoms with Crippen LogP contribution in [-0.4, -0.2) is 22.1 Å². The first-order valence-corrected chi connectivity index (χ1v) is 4.53. The lowest BCUT2D eigenvalue weighted by Crippen LogP contribution is -2.31. The molecule has 0 unspecified atom stereocenters. The van der Waals surface area contributed by atoms with Gasteiger partial charge in [0.25, 0.3) is 5.69 Å². The van der Waals surface area contributed by atoms with Crippen LogP contribution in [0.15, 0.2) is 16.6 Å². The summed E-state index contributed by atoms with van der Waals surface area (Å²) in [7, 11) is -1.72. The molecule has 0 saturated heterocycles. The van der Waals surface area contributed by atoms with Crippen LogP contribution in [-0.2, 0) is 0 Å².